The molecule has 2 aliphatic rings. The highest BCUT2D eigenvalue weighted by atomic mass is 19.1. The van der Waals surface area contributed by atoms with E-state index < -0.39 is 35.6 Å². The molecule has 0 saturated heterocycles. The number of nitrogen functional groups attached to an aromatic ring is 1. The summed E-state index contributed by atoms with van der Waals surface area (Å²) in [7, 11) is 0. The molecule has 0 spiro atoms. The molecule has 3 heterocycles. The lowest BCUT2D eigenvalue weighted by Crippen LogP contribution is -2.47. The minimum Gasteiger partial charge on any atom is -0.469 e. The van der Waals surface area contributed by atoms with Gasteiger partial charge in [-0.2, -0.15) is 0 Å². The van der Waals surface area contributed by atoms with Gasteiger partial charge in [0.25, 0.3) is 5.91 Å². The molecule has 3 atom stereocenters. The van der Waals surface area contributed by atoms with Gasteiger partial charge in [0.05, 0.1) is 12.0 Å². The van der Waals surface area contributed by atoms with Gasteiger partial charge in [-0.1, -0.05) is 18.2 Å². The fourth-order valence-electron chi connectivity index (χ4n) is 4.23. The van der Waals surface area contributed by atoms with Gasteiger partial charge in [0, 0.05) is 30.2 Å². The summed E-state index contributed by atoms with van der Waals surface area (Å²) in [6.07, 6.45) is 2.95. The second-order valence-corrected chi connectivity index (χ2v) is 7.91. The monoisotopic (exact) mass is 452 g/mol. The van der Waals surface area contributed by atoms with E-state index in [-0.39, 0.29) is 41.4 Å². The van der Waals surface area contributed by atoms with Crippen LogP contribution in [0.1, 0.15) is 22.9 Å². The molecule has 0 saturated carbocycles. The molecule has 3 unspecified atom stereocenters. The first kappa shape index (κ1) is 21.0. The Kier molecular flexibility index (Phi) is 5.24. The third-order valence-electron chi connectivity index (χ3n) is 5.85. The van der Waals surface area contributed by atoms with Crippen molar-refractivity contribution in [3.8, 4) is 0 Å². The number of amides is 1. The van der Waals surface area contributed by atoms with Gasteiger partial charge in [-0.15, -0.1) is 0 Å². The molecular weight excluding hydrogens is 433 g/mol. The number of furan rings is 1. The van der Waals surface area contributed by atoms with Crippen LogP contribution >= 0.6 is 0 Å². The zero-order valence-corrected chi connectivity index (χ0v) is 17.3. The Hall–Kier alpha value is -3.88. The molecule has 1 aromatic heterocycles. The maximum absolute atomic E-state index is 14.8. The smallest absolute Gasteiger partial charge is 0.254 e. The Bertz CT molecular complexity index is 1250. The average Bonchev–Trinajstić information content (AvgIpc) is 3.42. The molecule has 1 amide bonds. The van der Waals surface area contributed by atoms with Crippen molar-refractivity contribution < 1.29 is 22.4 Å². The summed E-state index contributed by atoms with van der Waals surface area (Å²) in [6.45, 7) is 0. The van der Waals surface area contributed by atoms with Crippen molar-refractivity contribution in [1.82, 2.24) is 4.90 Å². The number of aliphatic imine (C=N–C) groups is 2. The van der Waals surface area contributed by atoms with Gasteiger partial charge in [0.1, 0.15) is 41.4 Å². The molecule has 2 N–H and O–H groups in total. The highest BCUT2D eigenvalue weighted by Crippen LogP contribution is 2.34. The summed E-state index contributed by atoms with van der Waals surface area (Å²) < 4.78 is 48.8. The third-order valence-corrected chi connectivity index (χ3v) is 5.85. The second-order valence-electron chi connectivity index (χ2n) is 7.91. The third kappa shape index (κ3) is 3.69. The molecule has 0 aliphatic carbocycles. The van der Waals surface area contributed by atoms with Crippen LogP contribution in [-0.2, 0) is 17.6 Å². The Morgan fingerprint density at radius 3 is 2.45 bits per heavy atom. The number of hydrogen-bond donors (Lipinski definition) is 1. The van der Waals surface area contributed by atoms with Crippen LogP contribution in [0.4, 0.5) is 18.9 Å². The number of halogens is 3. The zero-order chi connectivity index (χ0) is 23.1. The summed E-state index contributed by atoms with van der Waals surface area (Å²) >= 11 is 0. The van der Waals surface area contributed by atoms with Crippen molar-refractivity contribution in [2.45, 2.75) is 31.0 Å². The van der Waals surface area contributed by atoms with Crippen molar-refractivity contribution in [3.05, 3.63) is 89.1 Å². The maximum Gasteiger partial charge on any atom is 0.254 e. The van der Waals surface area contributed by atoms with Gasteiger partial charge in [-0.3, -0.25) is 19.7 Å². The summed E-state index contributed by atoms with van der Waals surface area (Å²) in [4.78, 5) is 23.7. The quantitative estimate of drug-likeness (QED) is 0.597. The Morgan fingerprint density at radius 2 is 1.73 bits per heavy atom. The average molecular weight is 452 g/mol. The molecule has 33 heavy (non-hydrogen) atoms. The lowest BCUT2D eigenvalue weighted by molar-refractivity contribution is -0.128. The fourth-order valence-corrected chi connectivity index (χ4v) is 4.23. The molecule has 168 valence electrons. The second kappa shape index (κ2) is 8.23. The first-order valence-corrected chi connectivity index (χ1v) is 10.4. The number of hydrogen-bond acceptors (Lipinski definition) is 5. The number of amidine groups is 1. The number of carbonyl (C=O) groups excluding carboxylic acids is 1. The minimum absolute atomic E-state index is 0.0614. The van der Waals surface area contributed by atoms with Crippen molar-refractivity contribution in [2.75, 3.05) is 5.73 Å². The molecule has 5 rings (SSSR count). The topological polar surface area (TPSA) is 84.2 Å². The van der Waals surface area contributed by atoms with Crippen molar-refractivity contribution in [1.29, 1.82) is 0 Å². The maximum atomic E-state index is 14.8. The van der Waals surface area contributed by atoms with Crippen LogP contribution in [0.15, 0.2) is 69.2 Å². The van der Waals surface area contributed by atoms with E-state index in [4.69, 9.17) is 10.2 Å². The van der Waals surface area contributed by atoms with Gasteiger partial charge >= 0.3 is 0 Å². The Balaban J connectivity index is 1.56. The van der Waals surface area contributed by atoms with Crippen molar-refractivity contribution in [3.63, 3.8) is 0 Å². The number of anilines is 1. The highest BCUT2D eigenvalue weighted by Gasteiger charge is 2.45. The van der Waals surface area contributed by atoms with Crippen LogP contribution in [0.2, 0.25) is 0 Å². The summed E-state index contributed by atoms with van der Waals surface area (Å²) in [5, 5.41) is 0. The Labute approximate surface area is 187 Å². The van der Waals surface area contributed by atoms with Crippen molar-refractivity contribution in [2.24, 2.45) is 9.98 Å². The lowest BCUT2D eigenvalue weighted by atomic mass is 9.98. The van der Waals surface area contributed by atoms with E-state index in [1.54, 1.807) is 18.2 Å². The minimum atomic E-state index is -0.886. The van der Waals surface area contributed by atoms with E-state index in [1.807, 2.05) is 0 Å². The van der Waals surface area contributed by atoms with Gasteiger partial charge in [0.15, 0.2) is 5.82 Å². The molecule has 0 fully saturated rings. The molecule has 0 bridgehead atoms. The molecule has 2 aliphatic heterocycles. The largest absolute Gasteiger partial charge is 0.469 e. The normalized spacial score (nSPS) is 21.9. The van der Waals surface area contributed by atoms with Gasteiger partial charge in [-0.25, -0.2) is 13.2 Å². The Morgan fingerprint density at radius 1 is 0.970 bits per heavy atom. The first-order valence-electron chi connectivity index (χ1n) is 10.4. The van der Waals surface area contributed by atoms with E-state index in [1.165, 1.54) is 35.6 Å². The van der Waals surface area contributed by atoms with E-state index in [0.717, 1.165) is 12.1 Å². The highest BCUT2D eigenvalue weighted by molar-refractivity contribution is 6.12. The van der Waals surface area contributed by atoms with Gasteiger partial charge in [-0.05, 0) is 30.3 Å². The number of fused-ring (bicyclic) bond motifs is 1. The van der Waals surface area contributed by atoms with E-state index in [0.29, 0.717) is 5.76 Å². The van der Waals surface area contributed by atoms with E-state index >= 15 is 0 Å². The SMILES string of the molecule is Nc1cccc(C2C=NC(Cc3c(F)cccc3F)C3=NC(Cc4ccco4)C(=O)N32)c1F. The summed E-state index contributed by atoms with van der Waals surface area (Å²) in [6, 6.07) is 9.02. The van der Waals surface area contributed by atoms with E-state index in [2.05, 4.69) is 9.98 Å². The van der Waals surface area contributed by atoms with Crippen molar-refractivity contribution >= 4 is 23.6 Å². The number of rotatable bonds is 5. The van der Waals surface area contributed by atoms with Crippen LogP contribution in [0.25, 0.3) is 0 Å². The zero-order valence-electron chi connectivity index (χ0n) is 17.3. The fraction of sp³-hybridized carbons (Fsp3) is 0.208. The van der Waals surface area contributed by atoms with Crippen LogP contribution in [0, 0.1) is 17.5 Å². The molecule has 9 heteroatoms. The predicted octanol–water partition coefficient (Wildman–Crippen LogP) is 3.87. The molecule has 3 aromatic rings. The number of carbonyl (C=O) groups is 1. The molecule has 2 aromatic carbocycles. The van der Waals surface area contributed by atoms with Crippen LogP contribution in [0.5, 0.6) is 0 Å². The summed E-state index contributed by atoms with van der Waals surface area (Å²) in [5.41, 5.74) is 5.68. The summed E-state index contributed by atoms with van der Waals surface area (Å²) in [5.74, 6) is -1.67. The van der Waals surface area contributed by atoms with Crippen LogP contribution < -0.4 is 5.73 Å². The van der Waals surface area contributed by atoms with Gasteiger partial charge in [0.2, 0.25) is 0 Å². The number of nitrogens with two attached hydrogens (primary N) is 1. The molecule has 6 nitrogen and oxygen atoms in total. The molecule has 0 radical (unpaired) electrons. The van der Waals surface area contributed by atoms with Crippen LogP contribution in [0.3, 0.4) is 0 Å². The first-order chi connectivity index (χ1) is 15.9. The lowest BCUT2D eigenvalue weighted by Gasteiger charge is -2.33. The molecular formula is C24H19F3N4O2. The number of benzene rings is 2. The van der Waals surface area contributed by atoms with E-state index in [9.17, 15) is 18.0 Å². The van der Waals surface area contributed by atoms with Gasteiger partial charge < -0.3 is 10.2 Å². The number of nitrogens with zero attached hydrogens (tertiary/aromatic N) is 3. The standard InChI is InChI=1S/C24H19F3N4O2/c25-16-6-2-7-17(26)15(16)11-19-23-30-20(10-13-4-3-9-33-13)24(32)31(23)21(12-29-19)14-5-1-8-18(28)22(14)27/h1-9,12,19-21H,10-11,28H2. The predicted molar refractivity (Wildman–Crippen MR) is 116 cm³/mol. The van der Waals surface area contributed by atoms with Crippen LogP contribution in [-0.4, -0.2) is 34.9 Å².